The van der Waals surface area contributed by atoms with Crippen LogP contribution in [0, 0.1) is 6.92 Å². The molecule has 0 saturated heterocycles. The molecule has 4 heteroatoms. The molecule has 4 nitrogen and oxygen atoms in total. The normalized spacial score (nSPS) is 10.3. The van der Waals surface area contributed by atoms with E-state index >= 15 is 0 Å². The van der Waals surface area contributed by atoms with Crippen molar-refractivity contribution in [3.63, 3.8) is 0 Å². The summed E-state index contributed by atoms with van der Waals surface area (Å²) in [5.74, 6) is -1.10. The first kappa shape index (κ1) is 15.8. The van der Waals surface area contributed by atoms with Gasteiger partial charge in [0.05, 0.1) is 5.56 Å². The number of hydrogen-bond acceptors (Lipinski definition) is 2. The number of carbonyl (C=O) groups excluding carboxylic acids is 1. The van der Waals surface area contributed by atoms with Crippen LogP contribution in [0.5, 0.6) is 0 Å². The number of amides is 1. The molecule has 2 rings (SSSR count). The summed E-state index contributed by atoms with van der Waals surface area (Å²) in [5, 5.41) is 9.25. The maximum atomic E-state index is 12.7. The van der Waals surface area contributed by atoms with Crippen molar-refractivity contribution in [2.24, 2.45) is 0 Å². The van der Waals surface area contributed by atoms with Crippen molar-refractivity contribution in [1.82, 2.24) is 0 Å². The van der Waals surface area contributed by atoms with Gasteiger partial charge in [0, 0.05) is 17.8 Å². The number of rotatable bonds is 5. The van der Waals surface area contributed by atoms with Gasteiger partial charge in [-0.15, -0.1) is 0 Å². The lowest BCUT2D eigenvalue weighted by Gasteiger charge is -2.25. The molecule has 0 aliphatic carbocycles. The summed E-state index contributed by atoms with van der Waals surface area (Å²) in [6.07, 6.45) is 0.787. The Morgan fingerprint density at radius 2 is 1.73 bits per heavy atom. The van der Waals surface area contributed by atoms with Crippen LogP contribution in [-0.4, -0.2) is 23.5 Å². The standard InChI is InChI=1S/C18H19NO3/c1-3-12-19(17(20)14-8-5-4-6-9-14)16-11-7-10-15(13(16)2)18(21)22/h4-11H,3,12H2,1-2H3,(H,21,22). The van der Waals surface area contributed by atoms with Crippen molar-refractivity contribution >= 4 is 17.6 Å². The first-order valence-corrected chi connectivity index (χ1v) is 7.26. The third-order valence-corrected chi connectivity index (χ3v) is 3.54. The molecular weight excluding hydrogens is 278 g/mol. The van der Waals surface area contributed by atoms with E-state index in [1.165, 1.54) is 0 Å². The highest BCUT2D eigenvalue weighted by atomic mass is 16.4. The predicted molar refractivity (Wildman–Crippen MR) is 86.5 cm³/mol. The van der Waals surface area contributed by atoms with E-state index < -0.39 is 5.97 Å². The molecule has 1 amide bonds. The molecule has 2 aromatic carbocycles. The molecule has 0 radical (unpaired) electrons. The number of carbonyl (C=O) groups is 2. The van der Waals surface area contributed by atoms with E-state index in [0.29, 0.717) is 23.4 Å². The smallest absolute Gasteiger partial charge is 0.336 e. The highest BCUT2D eigenvalue weighted by molar-refractivity contribution is 6.07. The molecule has 0 atom stereocenters. The molecular formula is C18H19NO3. The Bertz CT molecular complexity index is 680. The summed E-state index contributed by atoms with van der Waals surface area (Å²) in [7, 11) is 0. The number of anilines is 1. The molecule has 0 bridgehead atoms. The van der Waals surface area contributed by atoms with Gasteiger partial charge < -0.3 is 10.0 Å². The maximum Gasteiger partial charge on any atom is 0.336 e. The average molecular weight is 297 g/mol. The fourth-order valence-corrected chi connectivity index (χ4v) is 2.44. The predicted octanol–water partition coefficient (Wildman–Crippen LogP) is 3.75. The largest absolute Gasteiger partial charge is 0.478 e. The van der Waals surface area contributed by atoms with Gasteiger partial charge in [0.1, 0.15) is 0 Å². The molecule has 1 N–H and O–H groups in total. The molecule has 0 aromatic heterocycles. The van der Waals surface area contributed by atoms with Gasteiger partial charge in [-0.05, 0) is 43.2 Å². The molecule has 22 heavy (non-hydrogen) atoms. The van der Waals surface area contributed by atoms with E-state index in [0.717, 1.165) is 6.42 Å². The van der Waals surface area contributed by atoms with Crippen LogP contribution in [0.3, 0.4) is 0 Å². The fraction of sp³-hybridized carbons (Fsp3) is 0.222. The Labute approximate surface area is 130 Å². The van der Waals surface area contributed by atoms with Crippen molar-refractivity contribution in [3.05, 3.63) is 65.2 Å². The Morgan fingerprint density at radius 1 is 1.05 bits per heavy atom. The summed E-state index contributed by atoms with van der Waals surface area (Å²) >= 11 is 0. The number of carboxylic acid groups (broad SMARTS) is 1. The van der Waals surface area contributed by atoms with E-state index in [-0.39, 0.29) is 11.5 Å². The van der Waals surface area contributed by atoms with Crippen molar-refractivity contribution < 1.29 is 14.7 Å². The first-order chi connectivity index (χ1) is 10.6. The van der Waals surface area contributed by atoms with Crippen LogP contribution in [0.4, 0.5) is 5.69 Å². The lowest BCUT2D eigenvalue weighted by molar-refractivity contribution is 0.0695. The van der Waals surface area contributed by atoms with Crippen molar-refractivity contribution in [2.45, 2.75) is 20.3 Å². The number of benzene rings is 2. The molecule has 0 aliphatic heterocycles. The van der Waals surface area contributed by atoms with Crippen LogP contribution in [-0.2, 0) is 0 Å². The Hall–Kier alpha value is -2.62. The summed E-state index contributed by atoms with van der Waals surface area (Å²) in [6.45, 7) is 4.26. The highest BCUT2D eigenvalue weighted by Gasteiger charge is 2.20. The fourth-order valence-electron chi connectivity index (χ4n) is 2.44. The molecule has 0 saturated carbocycles. The summed E-state index contributed by atoms with van der Waals surface area (Å²) in [4.78, 5) is 25.7. The summed E-state index contributed by atoms with van der Waals surface area (Å²) in [6, 6.07) is 14.0. The van der Waals surface area contributed by atoms with Crippen LogP contribution >= 0.6 is 0 Å². The number of nitrogens with zero attached hydrogens (tertiary/aromatic N) is 1. The van der Waals surface area contributed by atoms with Crippen molar-refractivity contribution in [3.8, 4) is 0 Å². The molecule has 0 unspecified atom stereocenters. The van der Waals surface area contributed by atoms with E-state index in [1.807, 2.05) is 25.1 Å². The average Bonchev–Trinajstić information content (AvgIpc) is 2.53. The maximum absolute atomic E-state index is 12.7. The van der Waals surface area contributed by atoms with Crippen molar-refractivity contribution in [1.29, 1.82) is 0 Å². The third kappa shape index (κ3) is 3.17. The zero-order valence-electron chi connectivity index (χ0n) is 12.7. The number of hydrogen-bond donors (Lipinski definition) is 1. The van der Waals surface area contributed by atoms with Crippen molar-refractivity contribution in [2.75, 3.05) is 11.4 Å². The van der Waals surface area contributed by atoms with Crippen LogP contribution in [0.25, 0.3) is 0 Å². The monoisotopic (exact) mass is 297 g/mol. The lowest BCUT2D eigenvalue weighted by atomic mass is 10.0. The Morgan fingerprint density at radius 3 is 2.32 bits per heavy atom. The third-order valence-electron chi connectivity index (χ3n) is 3.54. The number of aromatic carboxylic acids is 1. The van der Waals surface area contributed by atoms with Gasteiger partial charge in [0.2, 0.25) is 0 Å². The SMILES string of the molecule is CCCN(C(=O)c1ccccc1)c1cccc(C(=O)O)c1C. The second kappa shape index (κ2) is 6.89. The minimum absolute atomic E-state index is 0.118. The highest BCUT2D eigenvalue weighted by Crippen LogP contribution is 2.25. The van der Waals surface area contributed by atoms with Crippen LogP contribution < -0.4 is 4.90 Å². The Balaban J connectivity index is 2.47. The Kier molecular flexibility index (Phi) is 4.94. The molecule has 2 aromatic rings. The number of carboxylic acids is 1. The second-order valence-corrected chi connectivity index (χ2v) is 5.08. The summed E-state index contributed by atoms with van der Waals surface area (Å²) < 4.78 is 0. The molecule has 0 spiro atoms. The van der Waals surface area contributed by atoms with Gasteiger partial charge in [-0.1, -0.05) is 31.2 Å². The van der Waals surface area contributed by atoms with Gasteiger partial charge in [0.25, 0.3) is 5.91 Å². The lowest BCUT2D eigenvalue weighted by Crippen LogP contribution is -2.32. The quantitative estimate of drug-likeness (QED) is 0.914. The molecule has 0 heterocycles. The zero-order chi connectivity index (χ0) is 16.1. The zero-order valence-corrected chi connectivity index (χ0v) is 12.7. The topological polar surface area (TPSA) is 57.6 Å². The van der Waals surface area contributed by atoms with E-state index in [2.05, 4.69) is 0 Å². The minimum atomic E-state index is -0.983. The first-order valence-electron chi connectivity index (χ1n) is 7.26. The second-order valence-electron chi connectivity index (χ2n) is 5.08. The van der Waals surface area contributed by atoms with E-state index in [9.17, 15) is 14.7 Å². The van der Waals surface area contributed by atoms with Crippen LogP contribution in [0.1, 0.15) is 39.6 Å². The van der Waals surface area contributed by atoms with E-state index in [1.54, 1.807) is 42.2 Å². The van der Waals surface area contributed by atoms with E-state index in [4.69, 9.17) is 0 Å². The van der Waals surface area contributed by atoms with Crippen LogP contribution in [0.15, 0.2) is 48.5 Å². The minimum Gasteiger partial charge on any atom is -0.478 e. The van der Waals surface area contributed by atoms with Gasteiger partial charge in [-0.2, -0.15) is 0 Å². The molecule has 114 valence electrons. The summed E-state index contributed by atoms with van der Waals surface area (Å²) in [5.41, 5.74) is 2.07. The molecule has 0 aliphatic rings. The van der Waals surface area contributed by atoms with Gasteiger partial charge in [0.15, 0.2) is 0 Å². The van der Waals surface area contributed by atoms with Crippen LogP contribution in [0.2, 0.25) is 0 Å². The molecule has 0 fully saturated rings. The van der Waals surface area contributed by atoms with Gasteiger partial charge >= 0.3 is 5.97 Å². The van der Waals surface area contributed by atoms with Gasteiger partial charge in [-0.3, -0.25) is 4.79 Å². The van der Waals surface area contributed by atoms with Gasteiger partial charge in [-0.25, -0.2) is 4.79 Å².